The second-order valence-corrected chi connectivity index (χ2v) is 7.06. The molecule has 0 saturated heterocycles. The van der Waals surface area contributed by atoms with E-state index < -0.39 is 0 Å². The monoisotopic (exact) mass is 366 g/mol. The molecule has 1 amide bonds. The van der Waals surface area contributed by atoms with E-state index in [1.165, 1.54) is 6.42 Å². The van der Waals surface area contributed by atoms with Crippen molar-refractivity contribution in [2.75, 3.05) is 6.54 Å². The molecule has 138 valence electrons. The molecule has 2 unspecified atom stereocenters. The Bertz CT molecular complexity index is 744. The fraction of sp³-hybridized carbons (Fsp3) is 0.611. The van der Waals surface area contributed by atoms with Gasteiger partial charge in [-0.05, 0) is 44.2 Å². The van der Waals surface area contributed by atoms with Crippen molar-refractivity contribution in [3.63, 3.8) is 0 Å². The average Bonchev–Trinajstić information content (AvgIpc) is 2.95. The summed E-state index contributed by atoms with van der Waals surface area (Å²) in [6.07, 6.45) is 4.39. The van der Waals surface area contributed by atoms with Gasteiger partial charge in [0.05, 0.1) is 16.6 Å². The SMILES string of the molecule is Cc1noc2nc(C(C)C)cc(C(=O)NC3CCCCC3CN)c12.Cl. The maximum Gasteiger partial charge on any atom is 0.259 e. The van der Waals surface area contributed by atoms with E-state index in [9.17, 15) is 4.79 Å². The molecule has 6 nitrogen and oxygen atoms in total. The summed E-state index contributed by atoms with van der Waals surface area (Å²) in [4.78, 5) is 17.5. The third-order valence-electron chi connectivity index (χ3n) is 5.00. The molecule has 0 aliphatic heterocycles. The highest BCUT2D eigenvalue weighted by atomic mass is 35.5. The number of rotatable bonds is 4. The van der Waals surface area contributed by atoms with Gasteiger partial charge in [-0.15, -0.1) is 12.4 Å². The molecule has 0 radical (unpaired) electrons. The first kappa shape index (κ1) is 19.7. The van der Waals surface area contributed by atoms with Crippen LogP contribution in [0.2, 0.25) is 0 Å². The molecule has 3 N–H and O–H groups in total. The quantitative estimate of drug-likeness (QED) is 0.865. The number of halogens is 1. The summed E-state index contributed by atoms with van der Waals surface area (Å²) in [5, 5.41) is 7.88. The first-order chi connectivity index (χ1) is 11.5. The normalized spacial score (nSPS) is 20.5. The van der Waals surface area contributed by atoms with E-state index in [0.717, 1.165) is 25.0 Å². The van der Waals surface area contributed by atoms with Gasteiger partial charge in [-0.2, -0.15) is 0 Å². The number of nitrogens with two attached hydrogens (primary N) is 1. The van der Waals surface area contributed by atoms with Crippen LogP contribution in [0.4, 0.5) is 0 Å². The molecule has 3 rings (SSSR count). The predicted molar refractivity (Wildman–Crippen MR) is 100 cm³/mol. The summed E-state index contributed by atoms with van der Waals surface area (Å²) in [5.41, 5.74) is 8.45. The molecule has 7 heteroatoms. The summed E-state index contributed by atoms with van der Waals surface area (Å²) in [7, 11) is 0. The van der Waals surface area contributed by atoms with Crippen molar-refractivity contribution < 1.29 is 9.32 Å². The highest BCUT2D eigenvalue weighted by Crippen LogP contribution is 2.27. The predicted octanol–water partition coefficient (Wildman–Crippen LogP) is 3.32. The summed E-state index contributed by atoms with van der Waals surface area (Å²) in [6.45, 7) is 6.54. The van der Waals surface area contributed by atoms with E-state index >= 15 is 0 Å². The lowest BCUT2D eigenvalue weighted by Crippen LogP contribution is -2.44. The Balaban J connectivity index is 0.00000225. The number of amides is 1. The average molecular weight is 367 g/mol. The van der Waals surface area contributed by atoms with Crippen LogP contribution < -0.4 is 11.1 Å². The zero-order chi connectivity index (χ0) is 17.3. The van der Waals surface area contributed by atoms with E-state index in [1.807, 2.05) is 26.8 Å². The molecule has 2 aromatic rings. The summed E-state index contributed by atoms with van der Waals surface area (Å²) in [6, 6.07) is 2.01. The van der Waals surface area contributed by atoms with Crippen molar-refractivity contribution in [2.24, 2.45) is 11.7 Å². The third kappa shape index (κ3) is 3.96. The Morgan fingerprint density at radius 2 is 2.12 bits per heavy atom. The molecule has 2 heterocycles. The molecule has 1 aliphatic carbocycles. The number of fused-ring (bicyclic) bond motifs is 1. The number of aryl methyl sites for hydroxylation is 1. The van der Waals surface area contributed by atoms with Crippen LogP contribution in [0.25, 0.3) is 11.1 Å². The lowest BCUT2D eigenvalue weighted by molar-refractivity contribution is 0.0909. The van der Waals surface area contributed by atoms with Gasteiger partial charge in [-0.3, -0.25) is 4.79 Å². The zero-order valence-electron chi connectivity index (χ0n) is 15.0. The maximum absolute atomic E-state index is 13.0. The van der Waals surface area contributed by atoms with Crippen LogP contribution >= 0.6 is 12.4 Å². The van der Waals surface area contributed by atoms with E-state index in [1.54, 1.807) is 0 Å². The van der Waals surface area contributed by atoms with Gasteiger partial charge in [-0.1, -0.05) is 31.8 Å². The van der Waals surface area contributed by atoms with E-state index in [2.05, 4.69) is 15.5 Å². The van der Waals surface area contributed by atoms with Crippen molar-refractivity contribution in [1.29, 1.82) is 0 Å². The topological polar surface area (TPSA) is 94.0 Å². The fourth-order valence-electron chi connectivity index (χ4n) is 3.51. The van der Waals surface area contributed by atoms with Gasteiger partial charge in [0.1, 0.15) is 0 Å². The number of hydrogen-bond acceptors (Lipinski definition) is 5. The molecule has 25 heavy (non-hydrogen) atoms. The standard InChI is InChI=1S/C18H26N4O2.ClH/c1-10(2)15-8-13(16-11(3)22-24-18(16)21-15)17(23)20-14-7-5-4-6-12(14)9-19;/h8,10,12,14H,4-7,9,19H2,1-3H3,(H,20,23);1H. The lowest BCUT2D eigenvalue weighted by Gasteiger charge is -2.31. The Labute approximate surface area is 154 Å². The van der Waals surface area contributed by atoms with Gasteiger partial charge < -0.3 is 15.6 Å². The van der Waals surface area contributed by atoms with Gasteiger partial charge in [0.25, 0.3) is 11.6 Å². The number of hydrogen-bond donors (Lipinski definition) is 2. The highest BCUT2D eigenvalue weighted by molar-refractivity contribution is 6.06. The molecule has 0 bridgehead atoms. The second-order valence-electron chi connectivity index (χ2n) is 7.06. The fourth-order valence-corrected chi connectivity index (χ4v) is 3.51. The zero-order valence-corrected chi connectivity index (χ0v) is 15.9. The van der Waals surface area contributed by atoms with Gasteiger partial charge in [0, 0.05) is 11.7 Å². The molecule has 2 aromatic heterocycles. The van der Waals surface area contributed by atoms with E-state index in [-0.39, 0.29) is 30.3 Å². The number of nitrogens with one attached hydrogen (secondary N) is 1. The minimum absolute atomic E-state index is 0. The van der Waals surface area contributed by atoms with Crippen molar-refractivity contribution >= 4 is 29.4 Å². The van der Waals surface area contributed by atoms with E-state index in [4.69, 9.17) is 10.3 Å². The molecular formula is C18H27ClN4O2. The third-order valence-corrected chi connectivity index (χ3v) is 5.00. The molecule has 0 spiro atoms. The molecule has 2 atom stereocenters. The van der Waals surface area contributed by atoms with Crippen molar-refractivity contribution in [3.8, 4) is 0 Å². The number of carbonyl (C=O) groups is 1. The minimum Gasteiger partial charge on any atom is -0.349 e. The Morgan fingerprint density at radius 1 is 1.40 bits per heavy atom. The Hall–Kier alpha value is -1.66. The van der Waals surface area contributed by atoms with Gasteiger partial charge >= 0.3 is 0 Å². The number of pyridine rings is 1. The van der Waals surface area contributed by atoms with Crippen LogP contribution in [0.3, 0.4) is 0 Å². The summed E-state index contributed by atoms with van der Waals surface area (Å²) < 4.78 is 5.30. The van der Waals surface area contributed by atoms with Gasteiger partial charge in [0.2, 0.25) is 0 Å². The van der Waals surface area contributed by atoms with Crippen molar-refractivity contribution in [1.82, 2.24) is 15.5 Å². The second kappa shape index (κ2) is 8.15. The Morgan fingerprint density at radius 3 is 2.80 bits per heavy atom. The molecule has 0 aromatic carbocycles. The van der Waals surface area contributed by atoms with Crippen LogP contribution in [0, 0.1) is 12.8 Å². The Kier molecular flexibility index (Phi) is 6.41. The highest BCUT2D eigenvalue weighted by Gasteiger charge is 2.27. The molecular weight excluding hydrogens is 340 g/mol. The van der Waals surface area contributed by atoms with Gasteiger partial charge in [-0.25, -0.2) is 4.98 Å². The summed E-state index contributed by atoms with van der Waals surface area (Å²) >= 11 is 0. The number of nitrogens with zero attached hydrogens (tertiary/aromatic N) is 2. The van der Waals surface area contributed by atoms with Crippen LogP contribution in [0.1, 0.15) is 67.2 Å². The van der Waals surface area contributed by atoms with Crippen LogP contribution in [0.5, 0.6) is 0 Å². The van der Waals surface area contributed by atoms with E-state index in [0.29, 0.717) is 34.8 Å². The molecule has 1 saturated carbocycles. The largest absolute Gasteiger partial charge is 0.349 e. The first-order valence-electron chi connectivity index (χ1n) is 8.79. The molecule has 1 aliphatic rings. The minimum atomic E-state index is -0.0825. The summed E-state index contributed by atoms with van der Waals surface area (Å²) in [5.74, 6) is 0.479. The van der Waals surface area contributed by atoms with Crippen LogP contribution in [-0.4, -0.2) is 28.6 Å². The van der Waals surface area contributed by atoms with Crippen LogP contribution in [-0.2, 0) is 0 Å². The first-order valence-corrected chi connectivity index (χ1v) is 8.79. The van der Waals surface area contributed by atoms with Gasteiger partial charge in [0.15, 0.2) is 0 Å². The van der Waals surface area contributed by atoms with Crippen molar-refractivity contribution in [3.05, 3.63) is 23.0 Å². The smallest absolute Gasteiger partial charge is 0.259 e. The molecule has 1 fully saturated rings. The van der Waals surface area contributed by atoms with Crippen molar-refractivity contribution in [2.45, 2.75) is 58.4 Å². The maximum atomic E-state index is 13.0. The number of aromatic nitrogens is 2. The number of carbonyl (C=O) groups excluding carboxylic acids is 1. The lowest BCUT2D eigenvalue weighted by atomic mass is 9.84. The van der Waals surface area contributed by atoms with Crippen LogP contribution in [0.15, 0.2) is 10.6 Å².